The predicted octanol–water partition coefficient (Wildman–Crippen LogP) is 4.25. The second-order valence-corrected chi connectivity index (χ2v) is 14.7. The number of carbonyl (C=O) groups excluding carboxylic acids is 2. The Labute approximate surface area is 287 Å². The van der Waals surface area contributed by atoms with Crippen molar-refractivity contribution in [2.75, 3.05) is 33.3 Å². The van der Waals surface area contributed by atoms with Gasteiger partial charge in [0.2, 0.25) is 0 Å². The summed E-state index contributed by atoms with van der Waals surface area (Å²) in [5.74, 6) is -1.13. The second-order valence-electron chi connectivity index (χ2n) is 14.7. The van der Waals surface area contributed by atoms with E-state index >= 15 is 0 Å². The smallest absolute Gasteiger partial charge is 0.410 e. The second kappa shape index (κ2) is 18.1. The minimum atomic E-state index is -1.12. The van der Waals surface area contributed by atoms with Crippen LogP contribution in [0.5, 0.6) is 0 Å². The van der Waals surface area contributed by atoms with Crippen molar-refractivity contribution >= 4 is 12.1 Å². The van der Waals surface area contributed by atoms with Gasteiger partial charge in [0, 0.05) is 57.6 Å². The summed E-state index contributed by atoms with van der Waals surface area (Å²) in [7, 11) is 1.71. The molecule has 0 saturated carbocycles. The third-order valence-electron chi connectivity index (χ3n) is 10.2. The lowest BCUT2D eigenvalue weighted by Gasteiger charge is -2.37. The van der Waals surface area contributed by atoms with Crippen molar-refractivity contribution in [2.24, 2.45) is 17.8 Å². The van der Waals surface area contributed by atoms with Crippen molar-refractivity contribution in [3.63, 3.8) is 0 Å². The monoisotopic (exact) mass is 678 g/mol. The number of allylic oxidation sites excluding steroid dienone is 2. The summed E-state index contributed by atoms with van der Waals surface area (Å²) in [6, 6.07) is 0.394. The predicted molar refractivity (Wildman–Crippen MR) is 184 cm³/mol. The Bertz CT molecular complexity index is 1130. The van der Waals surface area contributed by atoms with Gasteiger partial charge >= 0.3 is 12.1 Å². The summed E-state index contributed by atoms with van der Waals surface area (Å²) in [4.78, 5) is 30.0. The number of cyclic esters (lactones) is 1. The third-order valence-corrected chi connectivity index (χ3v) is 10.2. The van der Waals surface area contributed by atoms with E-state index in [0.29, 0.717) is 25.6 Å². The van der Waals surface area contributed by atoms with E-state index in [1.807, 2.05) is 13.8 Å². The molecule has 0 aromatic rings. The maximum atomic E-state index is 13.2. The molecule has 0 aromatic carbocycles. The molecule has 3 aliphatic rings. The number of hydrogen-bond donors (Lipinski definition) is 3. The number of carbonyl (C=O) groups is 2. The number of ether oxygens (including phenoxy) is 4. The zero-order valence-electron chi connectivity index (χ0n) is 30.6. The molecule has 11 heteroatoms. The first-order valence-corrected chi connectivity index (χ1v) is 17.8. The van der Waals surface area contributed by atoms with Gasteiger partial charge in [0.25, 0.3) is 0 Å². The molecular formula is C37H62N2O9. The number of amides is 1. The van der Waals surface area contributed by atoms with Gasteiger partial charge in [-0.3, -0.25) is 9.69 Å². The maximum Gasteiger partial charge on any atom is 0.410 e. The molecule has 11 atom stereocenters. The molecule has 274 valence electrons. The Morgan fingerprint density at radius 2 is 1.81 bits per heavy atom. The van der Waals surface area contributed by atoms with Gasteiger partial charge in [-0.05, 0) is 58.1 Å². The van der Waals surface area contributed by atoms with Crippen LogP contribution in [-0.4, -0.2) is 125 Å². The molecule has 2 saturated heterocycles. The molecule has 0 radical (unpaired) electrons. The van der Waals surface area contributed by atoms with Crippen LogP contribution >= 0.6 is 0 Å². The Kier molecular flexibility index (Phi) is 15.1. The fraction of sp³-hybridized carbons (Fsp3) is 0.784. The molecule has 0 aliphatic carbocycles. The van der Waals surface area contributed by atoms with E-state index in [4.69, 9.17) is 18.9 Å². The number of rotatable bonds is 11. The Hall–Kier alpha value is -2.28. The average molecular weight is 679 g/mol. The van der Waals surface area contributed by atoms with Crippen molar-refractivity contribution in [1.29, 1.82) is 0 Å². The molecule has 3 aliphatic heterocycles. The summed E-state index contributed by atoms with van der Waals surface area (Å²) >= 11 is 0. The number of aliphatic hydroxyl groups excluding tert-OH is 2. The number of epoxide rings is 1. The zero-order chi connectivity index (χ0) is 35.8. The normalized spacial score (nSPS) is 34.5. The van der Waals surface area contributed by atoms with Gasteiger partial charge in [0.1, 0.15) is 12.2 Å². The highest BCUT2D eigenvalue weighted by Gasteiger charge is 2.47. The molecular weight excluding hydrogens is 616 g/mol. The third kappa shape index (κ3) is 11.7. The van der Waals surface area contributed by atoms with Gasteiger partial charge in [0.15, 0.2) is 0 Å². The molecule has 11 nitrogen and oxygen atoms in total. The number of hydrogen-bond acceptors (Lipinski definition) is 10. The van der Waals surface area contributed by atoms with Crippen LogP contribution in [0.4, 0.5) is 4.79 Å². The number of aliphatic hydroxyl groups is 3. The standard InChI is InChI=1S/C37H62N2O9/c1-10-29(45-9)27(7)35-31(46-35)22-37(8,44)15-11-12-24(4)34-25(5)13-14-30(33(42)26(6)20-28(40)21-32(41)48-34)47-36(43)39-18-16-38(17-19-39)23(2)3/h11-15,23,25-31,33-35,40,42,44H,10,16-22H2,1-9H3/b14-13+,15-11+,24-12+. The summed E-state index contributed by atoms with van der Waals surface area (Å²) in [5, 5.41) is 33.0. The van der Waals surface area contributed by atoms with E-state index in [2.05, 4.69) is 32.6 Å². The quantitative estimate of drug-likeness (QED) is 0.126. The fourth-order valence-electron chi connectivity index (χ4n) is 6.92. The molecule has 3 heterocycles. The number of esters is 1. The van der Waals surface area contributed by atoms with Crippen LogP contribution in [0, 0.1) is 17.8 Å². The molecule has 0 spiro atoms. The Morgan fingerprint density at radius 3 is 2.42 bits per heavy atom. The molecule has 1 amide bonds. The van der Waals surface area contributed by atoms with Crippen LogP contribution in [0.2, 0.25) is 0 Å². The van der Waals surface area contributed by atoms with Crippen molar-refractivity contribution in [1.82, 2.24) is 9.80 Å². The first-order valence-electron chi connectivity index (χ1n) is 17.8. The van der Waals surface area contributed by atoms with Crippen LogP contribution in [0.15, 0.2) is 36.0 Å². The number of methoxy groups -OCH3 is 1. The van der Waals surface area contributed by atoms with Crippen molar-refractivity contribution < 1.29 is 43.9 Å². The summed E-state index contributed by atoms with van der Waals surface area (Å²) in [6.07, 6.45) is 5.82. The van der Waals surface area contributed by atoms with Crippen LogP contribution in [0.3, 0.4) is 0 Å². The molecule has 2 fully saturated rings. The van der Waals surface area contributed by atoms with Gasteiger partial charge in [-0.25, -0.2) is 4.79 Å². The average Bonchev–Trinajstić information content (AvgIpc) is 3.79. The van der Waals surface area contributed by atoms with Crippen molar-refractivity contribution in [2.45, 2.75) is 135 Å². The van der Waals surface area contributed by atoms with E-state index in [9.17, 15) is 24.9 Å². The Balaban J connectivity index is 1.72. The molecule has 48 heavy (non-hydrogen) atoms. The SMILES string of the molecule is CCC(OC)C(C)C1OC1CC(C)(O)/C=C/C=C(\C)C1OC(=O)CC(O)CC(C)C(O)C(OC(=O)N2CCN(C(C)C)CC2)/C=C/C1C. The fourth-order valence-corrected chi connectivity index (χ4v) is 6.92. The lowest BCUT2D eigenvalue weighted by molar-refractivity contribution is -0.151. The van der Waals surface area contributed by atoms with Gasteiger partial charge in [-0.1, -0.05) is 52.0 Å². The number of nitrogens with zero attached hydrogens (tertiary/aromatic N) is 2. The topological polar surface area (TPSA) is 142 Å². The highest BCUT2D eigenvalue weighted by atomic mass is 16.6. The zero-order valence-corrected chi connectivity index (χ0v) is 30.6. The van der Waals surface area contributed by atoms with Crippen molar-refractivity contribution in [3.8, 4) is 0 Å². The van der Waals surface area contributed by atoms with E-state index in [0.717, 1.165) is 25.1 Å². The maximum absolute atomic E-state index is 13.2. The summed E-state index contributed by atoms with van der Waals surface area (Å²) < 4.78 is 23.2. The molecule has 0 bridgehead atoms. The van der Waals surface area contributed by atoms with E-state index in [1.165, 1.54) is 0 Å². The van der Waals surface area contributed by atoms with Gasteiger partial charge in [-0.2, -0.15) is 0 Å². The van der Waals surface area contributed by atoms with Crippen LogP contribution in [0.1, 0.15) is 81.1 Å². The van der Waals surface area contributed by atoms with Gasteiger partial charge < -0.3 is 39.2 Å². The highest BCUT2D eigenvalue weighted by Crippen LogP contribution is 2.38. The minimum absolute atomic E-state index is 0.0466. The van der Waals surface area contributed by atoms with Gasteiger partial charge in [0.05, 0.1) is 42.5 Å². The van der Waals surface area contributed by atoms with E-state index in [1.54, 1.807) is 56.2 Å². The lowest BCUT2D eigenvalue weighted by atomic mass is 9.90. The van der Waals surface area contributed by atoms with Crippen molar-refractivity contribution in [3.05, 3.63) is 36.0 Å². The number of piperazine rings is 1. The van der Waals surface area contributed by atoms with Crippen LogP contribution in [-0.2, 0) is 23.7 Å². The summed E-state index contributed by atoms with van der Waals surface area (Å²) in [5.41, 5.74) is -0.390. The Morgan fingerprint density at radius 1 is 1.15 bits per heavy atom. The first kappa shape index (κ1) is 40.2. The minimum Gasteiger partial charge on any atom is -0.457 e. The lowest BCUT2D eigenvalue weighted by Crippen LogP contribution is -2.52. The molecule has 3 N–H and O–H groups in total. The van der Waals surface area contributed by atoms with E-state index < -0.39 is 48.0 Å². The van der Waals surface area contributed by atoms with Crippen LogP contribution < -0.4 is 0 Å². The van der Waals surface area contributed by atoms with Gasteiger partial charge in [-0.15, -0.1) is 0 Å². The molecule has 0 aromatic heterocycles. The molecule has 11 unspecified atom stereocenters. The first-order chi connectivity index (χ1) is 22.6. The van der Waals surface area contributed by atoms with Crippen LogP contribution in [0.25, 0.3) is 0 Å². The largest absolute Gasteiger partial charge is 0.457 e. The highest BCUT2D eigenvalue weighted by molar-refractivity contribution is 5.70. The van der Waals surface area contributed by atoms with E-state index in [-0.39, 0.29) is 43.0 Å². The molecule has 3 rings (SSSR count). The summed E-state index contributed by atoms with van der Waals surface area (Å²) in [6.45, 7) is 18.3.